The molecule has 2 aromatic carbocycles. The summed E-state index contributed by atoms with van der Waals surface area (Å²) < 4.78 is 33.8. The summed E-state index contributed by atoms with van der Waals surface area (Å²) in [5, 5.41) is 10.9. The number of fused-ring (bicyclic) bond motifs is 1. The van der Waals surface area contributed by atoms with E-state index in [1.807, 2.05) is 25.1 Å². The van der Waals surface area contributed by atoms with Crippen LogP contribution in [0.3, 0.4) is 0 Å². The molecule has 0 saturated heterocycles. The number of nitrogens with two attached hydrogens (primary N) is 2. The molecule has 0 saturated carbocycles. The highest BCUT2D eigenvalue weighted by molar-refractivity contribution is 7.89. The Morgan fingerprint density at radius 3 is 2.67 bits per heavy atom. The maximum Gasteiger partial charge on any atom is 0.304 e. The number of nitrogens with zero attached hydrogens (tertiary/aromatic N) is 3. The molecule has 3 aromatic rings. The first-order chi connectivity index (χ1) is 17.1. The number of benzene rings is 2. The van der Waals surface area contributed by atoms with Crippen LogP contribution in [-0.4, -0.2) is 49.0 Å². The van der Waals surface area contributed by atoms with Crippen LogP contribution in [0.25, 0.3) is 0 Å². The third-order valence-corrected chi connectivity index (χ3v) is 8.10. The summed E-state index contributed by atoms with van der Waals surface area (Å²) in [6, 6.07) is 13.8. The molecule has 0 amide bonds. The number of carbonyl (C=O) groups is 1. The number of aryl methyl sites for hydroxylation is 1. The second kappa shape index (κ2) is 10.1. The Hall–Kier alpha value is -3.67. The van der Waals surface area contributed by atoms with Crippen LogP contribution in [0.4, 0.5) is 11.5 Å². The zero-order valence-corrected chi connectivity index (χ0v) is 20.9. The molecule has 36 heavy (non-hydrogen) atoms. The molecule has 0 radical (unpaired) electrons. The number of aliphatic carboxylic acids is 1. The van der Waals surface area contributed by atoms with Crippen molar-refractivity contribution in [2.45, 2.75) is 30.7 Å². The standard InChI is InChI=1S/C25H29N5O5S/c1-16-7-8-17(20(13-24(31)32)18-12-21(26)25(28-14-18)29(2)27)11-19(16)15-30-9-10-35-22-5-3-4-6-23(22)36(30,33)34/h3-8,11-12,14,20H,9-10,13,15,26-27H2,1-2H3,(H,31,32). The van der Waals surface area contributed by atoms with Crippen LogP contribution in [0.15, 0.2) is 59.6 Å². The van der Waals surface area contributed by atoms with Crippen LogP contribution in [0.2, 0.25) is 0 Å². The number of para-hydroxylation sites is 1. The maximum atomic E-state index is 13.4. The summed E-state index contributed by atoms with van der Waals surface area (Å²) in [5.74, 6) is 4.95. The number of hydrogen-bond acceptors (Lipinski definition) is 8. The first-order valence-electron chi connectivity index (χ1n) is 11.3. The van der Waals surface area contributed by atoms with Crippen molar-refractivity contribution in [1.82, 2.24) is 9.29 Å². The quantitative estimate of drug-likeness (QED) is 0.321. The first kappa shape index (κ1) is 25.4. The molecule has 0 spiro atoms. The summed E-state index contributed by atoms with van der Waals surface area (Å²) in [6.07, 6.45) is 1.38. The zero-order chi connectivity index (χ0) is 26.0. The van der Waals surface area contributed by atoms with Gasteiger partial charge < -0.3 is 15.6 Å². The summed E-state index contributed by atoms with van der Waals surface area (Å²) >= 11 is 0. The smallest absolute Gasteiger partial charge is 0.304 e. The molecule has 4 rings (SSSR count). The van der Waals surface area contributed by atoms with Gasteiger partial charge in [0.25, 0.3) is 0 Å². The van der Waals surface area contributed by atoms with Gasteiger partial charge in [0.05, 0.1) is 12.1 Å². The Morgan fingerprint density at radius 1 is 1.22 bits per heavy atom. The molecule has 0 bridgehead atoms. The van der Waals surface area contributed by atoms with E-state index in [2.05, 4.69) is 4.98 Å². The van der Waals surface area contributed by atoms with Gasteiger partial charge in [0.2, 0.25) is 10.0 Å². The van der Waals surface area contributed by atoms with Gasteiger partial charge in [-0.2, -0.15) is 4.31 Å². The van der Waals surface area contributed by atoms with Gasteiger partial charge in [-0.25, -0.2) is 19.2 Å². The van der Waals surface area contributed by atoms with Crippen molar-refractivity contribution in [2.24, 2.45) is 5.84 Å². The molecule has 1 aliphatic heterocycles. The molecule has 10 nitrogen and oxygen atoms in total. The van der Waals surface area contributed by atoms with E-state index < -0.39 is 21.9 Å². The van der Waals surface area contributed by atoms with E-state index in [1.165, 1.54) is 15.4 Å². The molecule has 1 unspecified atom stereocenters. The largest absolute Gasteiger partial charge is 0.491 e. The van der Waals surface area contributed by atoms with E-state index in [9.17, 15) is 18.3 Å². The Kier molecular flexibility index (Phi) is 7.16. The van der Waals surface area contributed by atoms with Crippen LogP contribution < -0.4 is 21.3 Å². The minimum atomic E-state index is -3.79. The lowest BCUT2D eigenvalue weighted by Crippen LogP contribution is -2.32. The molecule has 5 N–H and O–H groups in total. The van der Waals surface area contributed by atoms with Crippen LogP contribution in [0, 0.1) is 6.92 Å². The van der Waals surface area contributed by atoms with Gasteiger partial charge in [-0.05, 0) is 47.4 Å². The van der Waals surface area contributed by atoms with Crippen LogP contribution in [0.1, 0.15) is 34.6 Å². The number of ether oxygens (including phenoxy) is 1. The number of rotatable bonds is 7. The fourth-order valence-electron chi connectivity index (χ4n) is 4.31. The molecule has 11 heteroatoms. The number of nitrogen functional groups attached to an aromatic ring is 1. The molecular weight excluding hydrogens is 482 g/mol. The second-order valence-corrected chi connectivity index (χ2v) is 10.7. The lowest BCUT2D eigenvalue weighted by atomic mass is 9.87. The van der Waals surface area contributed by atoms with E-state index in [1.54, 1.807) is 37.5 Å². The summed E-state index contributed by atoms with van der Waals surface area (Å²) in [4.78, 5) is 16.2. The monoisotopic (exact) mass is 511 g/mol. The number of hydrogen-bond donors (Lipinski definition) is 3. The molecule has 1 atom stereocenters. The van der Waals surface area contributed by atoms with E-state index in [0.29, 0.717) is 22.8 Å². The Morgan fingerprint density at radius 2 is 1.97 bits per heavy atom. The minimum Gasteiger partial charge on any atom is -0.491 e. The number of anilines is 2. The number of pyridine rings is 1. The number of hydrazine groups is 1. The van der Waals surface area contributed by atoms with Crippen molar-refractivity contribution < 1.29 is 23.1 Å². The highest BCUT2D eigenvalue weighted by Crippen LogP contribution is 2.34. The van der Waals surface area contributed by atoms with Gasteiger partial charge in [0, 0.05) is 32.3 Å². The SMILES string of the molecule is Cc1ccc(C(CC(=O)O)c2cnc(N(C)N)c(N)c2)cc1CN1CCOc2ccccc2S1(=O)=O. The lowest BCUT2D eigenvalue weighted by Gasteiger charge is -2.23. The fourth-order valence-corrected chi connectivity index (χ4v) is 5.85. The molecular formula is C25H29N5O5S. The number of carboxylic acid groups (broad SMARTS) is 1. The predicted molar refractivity (Wildman–Crippen MR) is 136 cm³/mol. The Balaban J connectivity index is 1.71. The molecule has 190 valence electrons. The number of sulfonamides is 1. The minimum absolute atomic E-state index is 0.122. The predicted octanol–water partition coefficient (Wildman–Crippen LogP) is 2.47. The molecule has 2 heterocycles. The summed E-state index contributed by atoms with van der Waals surface area (Å²) in [6.45, 7) is 2.43. The van der Waals surface area contributed by atoms with Gasteiger partial charge in [0.1, 0.15) is 17.3 Å². The topological polar surface area (TPSA) is 152 Å². The van der Waals surface area contributed by atoms with Crippen LogP contribution in [-0.2, 0) is 21.4 Å². The Bertz CT molecular complexity index is 1390. The van der Waals surface area contributed by atoms with E-state index in [4.69, 9.17) is 16.3 Å². The summed E-state index contributed by atoms with van der Waals surface area (Å²) in [7, 11) is -2.18. The van der Waals surface area contributed by atoms with Crippen LogP contribution >= 0.6 is 0 Å². The zero-order valence-electron chi connectivity index (χ0n) is 20.1. The van der Waals surface area contributed by atoms with Crippen LogP contribution in [0.5, 0.6) is 5.75 Å². The number of aromatic nitrogens is 1. The maximum absolute atomic E-state index is 13.4. The van der Waals surface area contributed by atoms with E-state index in [0.717, 1.165) is 16.7 Å². The molecule has 1 aliphatic rings. The normalized spacial score (nSPS) is 15.9. The lowest BCUT2D eigenvalue weighted by molar-refractivity contribution is -0.137. The highest BCUT2D eigenvalue weighted by Gasteiger charge is 2.31. The van der Waals surface area contributed by atoms with E-state index >= 15 is 0 Å². The Labute approximate surface area is 210 Å². The third kappa shape index (κ3) is 5.13. The highest BCUT2D eigenvalue weighted by atomic mass is 32.2. The molecule has 0 aliphatic carbocycles. The van der Waals surface area contributed by atoms with Crippen molar-refractivity contribution >= 4 is 27.5 Å². The second-order valence-electron chi connectivity index (χ2n) is 8.76. The fraction of sp³-hybridized carbons (Fsp3) is 0.280. The molecule has 0 fully saturated rings. The van der Waals surface area contributed by atoms with E-state index in [-0.39, 0.29) is 31.0 Å². The average Bonchev–Trinajstić information content (AvgIpc) is 2.94. The van der Waals surface area contributed by atoms with Crippen molar-refractivity contribution in [2.75, 3.05) is 30.9 Å². The summed E-state index contributed by atoms with van der Waals surface area (Å²) in [5.41, 5.74) is 9.44. The molecule has 1 aromatic heterocycles. The van der Waals surface area contributed by atoms with Crippen molar-refractivity contribution in [3.8, 4) is 5.75 Å². The van der Waals surface area contributed by atoms with Gasteiger partial charge in [-0.1, -0.05) is 30.3 Å². The average molecular weight is 512 g/mol. The third-order valence-electron chi connectivity index (χ3n) is 6.22. The number of carboxylic acids is 1. The van der Waals surface area contributed by atoms with Crippen molar-refractivity contribution in [3.05, 3.63) is 77.0 Å². The van der Waals surface area contributed by atoms with Gasteiger partial charge >= 0.3 is 5.97 Å². The van der Waals surface area contributed by atoms with Crippen molar-refractivity contribution in [3.63, 3.8) is 0 Å². The first-order valence-corrected chi connectivity index (χ1v) is 12.8. The van der Waals surface area contributed by atoms with Gasteiger partial charge in [-0.3, -0.25) is 9.80 Å². The van der Waals surface area contributed by atoms with Crippen molar-refractivity contribution in [1.29, 1.82) is 0 Å². The van der Waals surface area contributed by atoms with Gasteiger partial charge in [0.15, 0.2) is 5.82 Å². The van der Waals surface area contributed by atoms with Gasteiger partial charge in [-0.15, -0.1) is 0 Å².